The first-order valence-electron chi connectivity index (χ1n) is 32.3. The Morgan fingerprint density at radius 2 is 0.759 bits per heavy atom. The van der Waals surface area contributed by atoms with E-state index >= 15 is 0 Å². The molecule has 1 aliphatic heterocycles. The number of unbranched alkanes of at least 4 members (excludes halogenated alkanes) is 31. The molecule has 1 heterocycles. The molecule has 0 bridgehead atoms. The SMILES string of the molecule is CCCCC/C=C\C/C=C\CCCCCCCCCC(=O)OC1C(OCC(COC(=O)CCCCCCCCC/C=C\CCCCCCCC)OC(=O)CCCCCCC/C=C\C/C=C\CCCCC)OC(C(=O)O)C(O)C1O. The summed E-state index contributed by atoms with van der Waals surface area (Å²) < 4.78 is 28.5. The molecule has 1 fully saturated rings. The van der Waals surface area contributed by atoms with Gasteiger partial charge in [0.25, 0.3) is 0 Å². The second-order valence-electron chi connectivity index (χ2n) is 22.0. The number of carbonyl (C=O) groups excluding carboxylic acids is 3. The zero-order chi connectivity index (χ0) is 57.5. The monoisotopic (exact) mass is 1110 g/mol. The highest BCUT2D eigenvalue weighted by atomic mass is 16.7. The van der Waals surface area contributed by atoms with Crippen molar-refractivity contribution in [3.8, 4) is 0 Å². The lowest BCUT2D eigenvalue weighted by Gasteiger charge is -2.40. The summed E-state index contributed by atoms with van der Waals surface area (Å²) in [5.41, 5.74) is 0. The van der Waals surface area contributed by atoms with Gasteiger partial charge in [-0.25, -0.2) is 4.79 Å². The van der Waals surface area contributed by atoms with Crippen LogP contribution in [0.5, 0.6) is 0 Å². The summed E-state index contributed by atoms with van der Waals surface area (Å²) in [5, 5.41) is 31.6. The zero-order valence-corrected chi connectivity index (χ0v) is 50.4. The van der Waals surface area contributed by atoms with Crippen LogP contribution in [0.25, 0.3) is 0 Å². The number of aliphatic carboxylic acids is 1. The number of allylic oxidation sites excluding steroid dienone is 10. The van der Waals surface area contributed by atoms with E-state index in [2.05, 4.69) is 81.5 Å². The van der Waals surface area contributed by atoms with Crippen LogP contribution >= 0.6 is 0 Å². The Balaban J connectivity index is 2.67. The number of carboxylic acid groups (broad SMARTS) is 1. The second kappa shape index (κ2) is 55.0. The largest absolute Gasteiger partial charge is 0.479 e. The minimum Gasteiger partial charge on any atom is -0.479 e. The van der Waals surface area contributed by atoms with E-state index in [1.54, 1.807) is 0 Å². The molecule has 0 spiro atoms. The van der Waals surface area contributed by atoms with Gasteiger partial charge in [0.2, 0.25) is 0 Å². The number of carboxylic acids is 1. The van der Waals surface area contributed by atoms with Crippen LogP contribution in [0.15, 0.2) is 60.8 Å². The van der Waals surface area contributed by atoms with Crippen LogP contribution < -0.4 is 0 Å². The van der Waals surface area contributed by atoms with Gasteiger partial charge >= 0.3 is 23.9 Å². The smallest absolute Gasteiger partial charge is 0.335 e. The Morgan fingerprint density at radius 3 is 1.18 bits per heavy atom. The predicted molar refractivity (Wildman–Crippen MR) is 322 cm³/mol. The van der Waals surface area contributed by atoms with Crippen LogP contribution in [0.3, 0.4) is 0 Å². The molecule has 3 N–H and O–H groups in total. The molecule has 79 heavy (non-hydrogen) atoms. The Kier molecular flexibility index (Phi) is 51.1. The van der Waals surface area contributed by atoms with E-state index in [0.717, 1.165) is 128 Å². The number of aliphatic hydroxyl groups excluding tert-OH is 2. The Bertz CT molecular complexity index is 1600. The Hall–Kier alpha value is -3.58. The maximum absolute atomic E-state index is 13.2. The van der Waals surface area contributed by atoms with Crippen LogP contribution in [-0.4, -0.2) is 89.2 Å². The van der Waals surface area contributed by atoms with Crippen LogP contribution in [0, 0.1) is 0 Å². The maximum Gasteiger partial charge on any atom is 0.335 e. The molecule has 1 rings (SSSR count). The summed E-state index contributed by atoms with van der Waals surface area (Å²) in [6, 6.07) is 0. The first-order valence-corrected chi connectivity index (χ1v) is 32.3. The molecular weight excluding hydrogens is 997 g/mol. The molecular formula is C67H116O12. The lowest BCUT2D eigenvalue weighted by molar-refractivity contribution is -0.301. The number of esters is 3. The molecule has 1 aliphatic rings. The number of rotatable bonds is 55. The van der Waals surface area contributed by atoms with Gasteiger partial charge in [-0.05, 0) is 109 Å². The van der Waals surface area contributed by atoms with E-state index in [0.29, 0.717) is 19.3 Å². The molecule has 0 aromatic heterocycles. The third kappa shape index (κ3) is 44.7. The average Bonchev–Trinajstić information content (AvgIpc) is 3.43. The van der Waals surface area contributed by atoms with Gasteiger partial charge in [-0.15, -0.1) is 0 Å². The van der Waals surface area contributed by atoms with E-state index in [9.17, 15) is 34.5 Å². The quantitative estimate of drug-likeness (QED) is 0.0228. The Labute approximate surface area is 481 Å². The summed E-state index contributed by atoms with van der Waals surface area (Å²) in [6.07, 6.45) is 56.0. The van der Waals surface area contributed by atoms with E-state index < -0.39 is 67.3 Å². The molecule has 12 heteroatoms. The van der Waals surface area contributed by atoms with Crippen LogP contribution in [-0.2, 0) is 42.9 Å². The highest BCUT2D eigenvalue weighted by molar-refractivity contribution is 5.74. The van der Waals surface area contributed by atoms with Gasteiger partial charge in [0, 0.05) is 19.3 Å². The van der Waals surface area contributed by atoms with E-state index in [-0.39, 0.29) is 25.9 Å². The van der Waals surface area contributed by atoms with Crippen LogP contribution in [0.1, 0.15) is 290 Å². The van der Waals surface area contributed by atoms with Gasteiger partial charge in [0.05, 0.1) is 6.61 Å². The maximum atomic E-state index is 13.2. The molecule has 0 aromatic rings. The molecule has 6 unspecified atom stereocenters. The molecule has 0 radical (unpaired) electrons. The van der Waals surface area contributed by atoms with E-state index in [4.69, 9.17) is 23.7 Å². The Morgan fingerprint density at radius 1 is 0.418 bits per heavy atom. The van der Waals surface area contributed by atoms with Crippen molar-refractivity contribution in [1.82, 2.24) is 0 Å². The third-order valence-corrected chi connectivity index (χ3v) is 14.5. The van der Waals surface area contributed by atoms with Gasteiger partial charge < -0.3 is 39.0 Å². The van der Waals surface area contributed by atoms with Crippen molar-refractivity contribution < 1.29 is 58.2 Å². The second-order valence-corrected chi connectivity index (χ2v) is 22.0. The minimum absolute atomic E-state index is 0.0495. The topological polar surface area (TPSA) is 175 Å². The average molecular weight is 1110 g/mol. The molecule has 456 valence electrons. The van der Waals surface area contributed by atoms with Crippen molar-refractivity contribution in [2.45, 2.75) is 327 Å². The zero-order valence-electron chi connectivity index (χ0n) is 50.4. The molecule has 12 nitrogen and oxygen atoms in total. The van der Waals surface area contributed by atoms with Gasteiger partial charge in [-0.3, -0.25) is 14.4 Å². The molecule has 0 amide bonds. The summed E-state index contributed by atoms with van der Waals surface area (Å²) in [4.78, 5) is 51.3. The lowest BCUT2D eigenvalue weighted by atomic mass is 9.98. The summed E-state index contributed by atoms with van der Waals surface area (Å²) in [6.45, 7) is 5.95. The normalized spacial score (nSPS) is 18.2. The standard InChI is InChI=1S/C67H116O12/c1-4-7-10-13-16-19-22-25-28-30-33-35-38-41-44-47-50-53-59(68)75-56-58(77-60(69)54-51-48-45-42-39-36-32-27-24-21-18-15-12-9-6-3)57-76-67-65(63(72)62(71)64(79-67)66(73)74)78-61(70)55-52-49-46-43-40-37-34-31-29-26-23-20-17-14-11-8-5-2/h17-18,20-21,25-29,32,58,62-65,67,71-72H,4-16,19,22-24,30-31,33-57H2,1-3H3,(H,73,74)/b20-17-,21-18-,28-25-,29-26-,32-27-. The highest BCUT2D eigenvalue weighted by Crippen LogP contribution is 2.27. The van der Waals surface area contributed by atoms with Crippen molar-refractivity contribution >= 4 is 23.9 Å². The van der Waals surface area contributed by atoms with E-state index in [1.165, 1.54) is 103 Å². The fourth-order valence-corrected chi connectivity index (χ4v) is 9.54. The lowest BCUT2D eigenvalue weighted by Crippen LogP contribution is -2.61. The van der Waals surface area contributed by atoms with Crippen molar-refractivity contribution in [2.24, 2.45) is 0 Å². The molecule has 6 atom stereocenters. The number of carbonyl (C=O) groups is 4. The predicted octanol–water partition coefficient (Wildman–Crippen LogP) is 17.1. The van der Waals surface area contributed by atoms with Crippen molar-refractivity contribution in [1.29, 1.82) is 0 Å². The molecule has 0 aromatic carbocycles. The van der Waals surface area contributed by atoms with Gasteiger partial charge in [0.1, 0.15) is 18.8 Å². The number of aliphatic hydroxyl groups is 2. The van der Waals surface area contributed by atoms with E-state index in [1.807, 2.05) is 0 Å². The summed E-state index contributed by atoms with van der Waals surface area (Å²) in [7, 11) is 0. The number of hydrogen-bond donors (Lipinski definition) is 3. The first-order chi connectivity index (χ1) is 38.6. The minimum atomic E-state index is -1.91. The first kappa shape index (κ1) is 73.4. The molecule has 0 aliphatic carbocycles. The third-order valence-electron chi connectivity index (χ3n) is 14.5. The van der Waals surface area contributed by atoms with Crippen LogP contribution in [0.2, 0.25) is 0 Å². The van der Waals surface area contributed by atoms with Crippen LogP contribution in [0.4, 0.5) is 0 Å². The molecule has 0 saturated carbocycles. The van der Waals surface area contributed by atoms with Gasteiger partial charge in [0.15, 0.2) is 24.6 Å². The number of ether oxygens (including phenoxy) is 5. The molecule has 1 saturated heterocycles. The highest BCUT2D eigenvalue weighted by Gasteiger charge is 2.50. The van der Waals surface area contributed by atoms with Crippen molar-refractivity contribution in [3.63, 3.8) is 0 Å². The van der Waals surface area contributed by atoms with Gasteiger partial charge in [-0.1, -0.05) is 223 Å². The summed E-state index contributed by atoms with van der Waals surface area (Å²) >= 11 is 0. The van der Waals surface area contributed by atoms with Gasteiger partial charge in [-0.2, -0.15) is 0 Å². The number of hydrogen-bond acceptors (Lipinski definition) is 11. The fraction of sp³-hybridized carbons (Fsp3) is 0.791. The summed E-state index contributed by atoms with van der Waals surface area (Å²) in [5.74, 6) is -3.14. The fourth-order valence-electron chi connectivity index (χ4n) is 9.54. The van der Waals surface area contributed by atoms with Crippen molar-refractivity contribution in [2.75, 3.05) is 13.2 Å². The van der Waals surface area contributed by atoms with Crippen molar-refractivity contribution in [3.05, 3.63) is 60.8 Å².